The summed E-state index contributed by atoms with van der Waals surface area (Å²) in [4.78, 5) is 90.4. The molecule has 3 amide bonds. The summed E-state index contributed by atoms with van der Waals surface area (Å²) in [6.45, 7) is 12.1. The van der Waals surface area contributed by atoms with Crippen LogP contribution in [-0.4, -0.2) is 98.8 Å². The molecule has 2 aliphatic heterocycles. The molecule has 0 radical (unpaired) electrons. The van der Waals surface area contributed by atoms with E-state index in [1.165, 1.54) is 38.7 Å². The summed E-state index contributed by atoms with van der Waals surface area (Å²) in [5.74, 6) is 2.20. The molecule has 89 heavy (non-hydrogen) atoms. The average molecular weight is 1230 g/mol. The van der Waals surface area contributed by atoms with Crippen molar-refractivity contribution < 1.29 is 55.8 Å². The van der Waals surface area contributed by atoms with Gasteiger partial charge >= 0.3 is 23.2 Å². The second-order valence-corrected chi connectivity index (χ2v) is 20.3. The van der Waals surface area contributed by atoms with E-state index in [-0.39, 0.29) is 66.0 Å². The van der Waals surface area contributed by atoms with Gasteiger partial charge in [-0.3, -0.25) is 14.9 Å². The molecule has 3 N–H and O–H groups in total. The molecule has 456 valence electrons. The number of benzene rings is 4. The average Bonchev–Trinajstić information content (AvgIpc) is 1.70. The first-order valence-electron chi connectivity index (χ1n) is 27.8. The molecule has 2 aliphatic rings. The van der Waals surface area contributed by atoms with Gasteiger partial charge in [-0.2, -0.15) is 10.2 Å². The van der Waals surface area contributed by atoms with Gasteiger partial charge < -0.3 is 52.1 Å². The van der Waals surface area contributed by atoms with Crippen LogP contribution in [0.25, 0.3) is 44.6 Å². The summed E-state index contributed by atoms with van der Waals surface area (Å²) >= 11 is 4.88. The number of nitrogen functional groups attached to an aromatic ring is 1. The molecule has 0 aliphatic carbocycles. The first-order chi connectivity index (χ1) is 43.1. The molecule has 2 atom stereocenters. The number of piperidine rings is 2. The molecule has 0 bridgehead atoms. The number of hydrogen-bond donors (Lipinski definition) is 2. The summed E-state index contributed by atoms with van der Waals surface area (Å²) in [6, 6.07) is 33.9. The van der Waals surface area contributed by atoms with Crippen molar-refractivity contribution >= 4 is 68.6 Å². The molecule has 4 aromatic carbocycles. The van der Waals surface area contributed by atoms with Crippen LogP contribution >= 0.6 is 11.6 Å². The van der Waals surface area contributed by atoms with Crippen LogP contribution in [0.1, 0.15) is 60.8 Å². The van der Waals surface area contributed by atoms with E-state index in [1.54, 1.807) is 14.5 Å². The van der Waals surface area contributed by atoms with Crippen molar-refractivity contribution in [3.05, 3.63) is 191 Å². The zero-order chi connectivity index (χ0) is 62.6. The van der Waals surface area contributed by atoms with E-state index in [1.807, 2.05) is 114 Å². The van der Waals surface area contributed by atoms with Crippen LogP contribution in [0, 0.1) is 13.8 Å². The fraction of sp³-hybridized carbons (Fsp3) is 0.226. The van der Waals surface area contributed by atoms with Crippen LogP contribution in [0.3, 0.4) is 0 Å². The Morgan fingerprint density at radius 2 is 1.04 bits per heavy atom. The van der Waals surface area contributed by atoms with Gasteiger partial charge in [0.25, 0.3) is 0 Å². The topological polar surface area (TPSA) is 324 Å². The van der Waals surface area contributed by atoms with E-state index in [0.717, 1.165) is 48.3 Å². The van der Waals surface area contributed by atoms with Crippen LogP contribution < -0.4 is 32.2 Å². The van der Waals surface area contributed by atoms with Gasteiger partial charge in [0.2, 0.25) is 11.8 Å². The Labute approximate surface area is 510 Å². The lowest BCUT2D eigenvalue weighted by atomic mass is 10.1. The number of carbonyl (C=O) groups excluding carboxylic acids is 4. The van der Waals surface area contributed by atoms with E-state index in [2.05, 4.69) is 52.0 Å². The Morgan fingerprint density at radius 1 is 0.607 bits per heavy atom. The molecular formula is C62H57ClN12O14. The van der Waals surface area contributed by atoms with Gasteiger partial charge in [-0.25, -0.2) is 48.5 Å². The number of hydrogen-bond acceptors (Lipinski definition) is 21. The van der Waals surface area contributed by atoms with Crippen molar-refractivity contribution in [2.75, 3.05) is 37.2 Å². The highest BCUT2D eigenvalue weighted by Crippen LogP contribution is 2.38. The summed E-state index contributed by atoms with van der Waals surface area (Å²) in [5, 5.41) is 13.7. The SMILES string of the molecule is C=CC(=O)N1CCC[C@@H](n2nc(-c3ccc(Oc4ccccc4)cc3)c3c(N)ncnc32)C1.C=CC(=O)N1CCC[C@@H](n2nc(-c3ccc(Oc4ccccc4)cc3)c3c(NC(=O)OCc4oc(=O)oc4C)ncnc32)C1.Cc1oc(=O)oc1COC(=O)Cl. The fourth-order valence-corrected chi connectivity index (χ4v) is 10.0. The highest BCUT2D eigenvalue weighted by atomic mass is 35.5. The van der Waals surface area contributed by atoms with Gasteiger partial charge in [0.15, 0.2) is 53.4 Å². The third kappa shape index (κ3) is 14.8. The number of anilines is 2. The number of likely N-dealkylation sites (tertiary alicyclic amines) is 2. The number of aromatic nitrogens is 8. The highest BCUT2D eigenvalue weighted by molar-refractivity contribution is 6.61. The Balaban J connectivity index is 0.000000170. The largest absolute Gasteiger partial charge is 0.519 e. The minimum atomic E-state index is -0.960. The third-order valence-corrected chi connectivity index (χ3v) is 14.3. The number of amides is 3. The predicted molar refractivity (Wildman–Crippen MR) is 323 cm³/mol. The van der Waals surface area contributed by atoms with Gasteiger partial charge in [0.1, 0.15) is 52.9 Å². The van der Waals surface area contributed by atoms with Gasteiger partial charge in [0.05, 0.1) is 22.9 Å². The standard InChI is InChI=1S/C31H28N6O7.C25H24N6O2.C6H5ClO5/c1-3-25(38)36-15-7-8-21(16-36)37-29-26(27(35-37)20-11-13-23(14-12-20)43-22-9-5-4-6-10-22)28(32-18-33-29)34-30(39)41-17-24-19(2)42-31(40)44-24;1-2-21(32)30-14-6-7-18(15-30)31-25-22(24(26)27-16-28-25)23(29-31)17-10-12-20(13-11-17)33-19-8-4-3-5-9-19;1-3-4(2-10-5(7)8)12-6(9)11-3/h3-6,9-14,18,21H,1,7-8,15-17H2,2H3,(H,32,33,34,39);2-5,8-13,16,18H,1,6-7,14-15H2,(H2,26,27,28);2H2,1H3/t21-;18-;/m11./s1. The molecule has 27 heteroatoms. The molecule has 6 aromatic heterocycles. The van der Waals surface area contributed by atoms with Gasteiger partial charge in [-0.1, -0.05) is 49.6 Å². The van der Waals surface area contributed by atoms with Crippen LogP contribution in [0.2, 0.25) is 0 Å². The van der Waals surface area contributed by atoms with Crippen LogP contribution in [0.4, 0.5) is 21.2 Å². The van der Waals surface area contributed by atoms with E-state index in [9.17, 15) is 28.8 Å². The second kappa shape index (κ2) is 27.9. The molecule has 0 spiro atoms. The number of nitrogens with one attached hydrogen (secondary N) is 1. The van der Waals surface area contributed by atoms with Crippen molar-refractivity contribution in [2.24, 2.45) is 0 Å². The number of ether oxygens (including phenoxy) is 4. The van der Waals surface area contributed by atoms with E-state index >= 15 is 0 Å². The number of rotatable bonds is 15. The summed E-state index contributed by atoms with van der Waals surface area (Å²) in [6.07, 6.45) is 7.92. The minimum absolute atomic E-state index is 0.00566. The zero-order valence-corrected chi connectivity index (χ0v) is 48.7. The molecule has 0 saturated carbocycles. The molecule has 0 unspecified atom stereocenters. The lowest BCUT2D eigenvalue weighted by Crippen LogP contribution is -2.40. The van der Waals surface area contributed by atoms with E-state index in [4.69, 9.17) is 50.6 Å². The molecule has 2 saturated heterocycles. The van der Waals surface area contributed by atoms with Crippen molar-refractivity contribution in [3.8, 4) is 45.5 Å². The van der Waals surface area contributed by atoms with E-state index < -0.39 is 23.2 Å². The molecule has 26 nitrogen and oxygen atoms in total. The summed E-state index contributed by atoms with van der Waals surface area (Å²) in [5.41, 5.74) is 9.28. The molecule has 10 aromatic rings. The number of aryl methyl sites for hydroxylation is 2. The number of nitrogens with zero attached hydrogens (tertiary/aromatic N) is 10. The molecule has 12 rings (SSSR count). The number of para-hydroxylation sites is 2. The Hall–Kier alpha value is -11.1. The Kier molecular flexibility index (Phi) is 19.1. The number of halogens is 1. The quantitative estimate of drug-likeness (QED) is 0.0711. The third-order valence-electron chi connectivity index (χ3n) is 14.2. The van der Waals surface area contributed by atoms with E-state index in [0.29, 0.717) is 77.0 Å². The number of nitrogens with two attached hydrogens (primary N) is 1. The van der Waals surface area contributed by atoms with Crippen molar-refractivity contribution in [1.29, 1.82) is 0 Å². The number of fused-ring (bicyclic) bond motifs is 2. The Bertz CT molecular complexity index is 4290. The van der Waals surface area contributed by atoms with Gasteiger partial charge in [-0.05, 0) is 124 Å². The van der Waals surface area contributed by atoms with Crippen LogP contribution in [-0.2, 0) is 32.3 Å². The zero-order valence-electron chi connectivity index (χ0n) is 48.0. The van der Waals surface area contributed by atoms with Gasteiger partial charge in [0, 0.05) is 48.9 Å². The van der Waals surface area contributed by atoms with Gasteiger partial charge in [-0.15, -0.1) is 0 Å². The normalized spacial score (nSPS) is 14.6. The maximum absolute atomic E-state index is 12.8. The highest BCUT2D eigenvalue weighted by Gasteiger charge is 2.31. The van der Waals surface area contributed by atoms with Crippen LogP contribution in [0.15, 0.2) is 174 Å². The molecule has 8 heterocycles. The maximum Gasteiger partial charge on any atom is 0.519 e. The summed E-state index contributed by atoms with van der Waals surface area (Å²) in [7, 11) is 0. The fourth-order valence-electron chi connectivity index (χ4n) is 9.95. The lowest BCUT2D eigenvalue weighted by Gasteiger charge is -2.32. The number of carbonyl (C=O) groups is 4. The lowest BCUT2D eigenvalue weighted by molar-refractivity contribution is -0.128. The first-order valence-corrected chi connectivity index (χ1v) is 28.2. The molecular weight excluding hydrogens is 1170 g/mol. The van der Waals surface area contributed by atoms with Crippen molar-refractivity contribution in [1.82, 2.24) is 49.3 Å². The molecule has 2 fully saturated rings. The smallest absolute Gasteiger partial charge is 0.457 e. The minimum Gasteiger partial charge on any atom is -0.457 e. The monoisotopic (exact) mass is 1230 g/mol. The second-order valence-electron chi connectivity index (χ2n) is 20.0. The first kappa shape index (κ1) is 61.0. The summed E-state index contributed by atoms with van der Waals surface area (Å²) < 4.78 is 43.9. The van der Waals surface area contributed by atoms with Crippen molar-refractivity contribution in [2.45, 2.75) is 64.8 Å². The Morgan fingerprint density at radius 3 is 1.49 bits per heavy atom. The van der Waals surface area contributed by atoms with Crippen LogP contribution in [0.5, 0.6) is 23.0 Å². The maximum atomic E-state index is 12.8. The predicted octanol–water partition coefficient (Wildman–Crippen LogP) is 10.9. The van der Waals surface area contributed by atoms with Crippen molar-refractivity contribution in [3.63, 3.8) is 0 Å².